The van der Waals surface area contributed by atoms with E-state index in [-0.39, 0.29) is 5.56 Å². The second-order valence-corrected chi connectivity index (χ2v) is 7.77. The van der Waals surface area contributed by atoms with Crippen LogP contribution in [0, 0.1) is 6.92 Å². The molecule has 4 rings (SSSR count). The molecule has 2 heterocycles. The van der Waals surface area contributed by atoms with Gasteiger partial charge < -0.3 is 0 Å². The summed E-state index contributed by atoms with van der Waals surface area (Å²) in [5, 5.41) is 5.49. The van der Waals surface area contributed by atoms with E-state index in [0.717, 1.165) is 28.8 Å². The lowest BCUT2D eigenvalue weighted by Crippen LogP contribution is -2.25. The van der Waals surface area contributed by atoms with Crippen LogP contribution in [0.3, 0.4) is 0 Å². The minimum absolute atomic E-state index is 0.0745. The molecule has 1 aliphatic carbocycles. The van der Waals surface area contributed by atoms with Crippen LogP contribution in [0.4, 0.5) is 0 Å². The molecule has 25 heavy (non-hydrogen) atoms. The van der Waals surface area contributed by atoms with Crippen LogP contribution in [0.15, 0.2) is 35.1 Å². The van der Waals surface area contributed by atoms with E-state index < -0.39 is 0 Å². The lowest BCUT2D eigenvalue weighted by molar-refractivity contribution is 0.268. The van der Waals surface area contributed by atoms with Gasteiger partial charge in [-0.05, 0) is 31.9 Å². The molecule has 0 aliphatic heterocycles. The highest BCUT2D eigenvalue weighted by molar-refractivity contribution is 7.16. The Morgan fingerprint density at radius 2 is 2.00 bits per heavy atom. The van der Waals surface area contributed by atoms with E-state index in [1.165, 1.54) is 28.5 Å². The number of aromatic nitrogens is 3. The predicted molar refractivity (Wildman–Crippen MR) is 100 cm³/mol. The van der Waals surface area contributed by atoms with Crippen molar-refractivity contribution in [1.82, 2.24) is 19.5 Å². The van der Waals surface area contributed by atoms with Crippen LogP contribution in [-0.2, 0) is 13.1 Å². The van der Waals surface area contributed by atoms with Gasteiger partial charge in [0.2, 0.25) is 4.96 Å². The van der Waals surface area contributed by atoms with Gasteiger partial charge in [-0.2, -0.15) is 9.61 Å². The summed E-state index contributed by atoms with van der Waals surface area (Å²) in [7, 11) is 0. The highest BCUT2D eigenvalue weighted by Crippen LogP contribution is 2.41. The molecule has 0 atom stereocenters. The summed E-state index contributed by atoms with van der Waals surface area (Å²) in [6.45, 7) is 6.67. The summed E-state index contributed by atoms with van der Waals surface area (Å²) in [5.41, 5.74) is 3.29. The highest BCUT2D eigenvalue weighted by Gasteiger charge is 2.28. The fraction of sp³-hybridized carbons (Fsp3) is 0.421. The van der Waals surface area contributed by atoms with E-state index in [4.69, 9.17) is 0 Å². The van der Waals surface area contributed by atoms with Crippen LogP contribution in [0.5, 0.6) is 0 Å². The maximum atomic E-state index is 12.4. The summed E-state index contributed by atoms with van der Waals surface area (Å²) in [6.07, 6.45) is 2.36. The zero-order chi connectivity index (χ0) is 17.4. The van der Waals surface area contributed by atoms with Crippen LogP contribution in [0.1, 0.15) is 47.5 Å². The molecular formula is C19H22N4OS. The Bertz CT molecular complexity index is 940. The second kappa shape index (κ2) is 6.69. The normalized spacial score (nSPS) is 14.5. The van der Waals surface area contributed by atoms with Crippen molar-refractivity contribution in [2.45, 2.75) is 45.7 Å². The van der Waals surface area contributed by atoms with Crippen molar-refractivity contribution in [3.05, 3.63) is 62.5 Å². The molecule has 2 aromatic heterocycles. The van der Waals surface area contributed by atoms with Gasteiger partial charge in [-0.3, -0.25) is 9.69 Å². The standard InChI is InChI=1S/C19H22N4OS/c1-3-22(11-14-6-4-13(2)5-7-14)12-16-10-17(24)23-19(20-16)25-18(21-23)15-8-9-15/h4-7,10,15H,3,8-9,11-12H2,1-2H3. The molecule has 0 amide bonds. The lowest BCUT2D eigenvalue weighted by atomic mass is 10.1. The number of aryl methyl sites for hydroxylation is 1. The van der Waals surface area contributed by atoms with Gasteiger partial charge in [0.05, 0.1) is 5.69 Å². The molecule has 1 aromatic carbocycles. The second-order valence-electron chi connectivity index (χ2n) is 6.78. The molecule has 0 saturated heterocycles. The Balaban J connectivity index is 1.55. The number of hydrogen-bond donors (Lipinski definition) is 0. The Kier molecular flexibility index (Phi) is 4.39. The van der Waals surface area contributed by atoms with E-state index in [0.29, 0.717) is 12.5 Å². The van der Waals surface area contributed by atoms with Crippen LogP contribution in [-0.4, -0.2) is 26.0 Å². The number of hydrogen-bond acceptors (Lipinski definition) is 5. The number of nitrogens with zero attached hydrogens (tertiary/aromatic N) is 4. The first-order chi connectivity index (χ1) is 12.1. The lowest BCUT2D eigenvalue weighted by Gasteiger charge is -2.20. The van der Waals surface area contributed by atoms with E-state index >= 15 is 0 Å². The van der Waals surface area contributed by atoms with Gasteiger partial charge in [-0.25, -0.2) is 4.98 Å². The predicted octanol–water partition coefficient (Wildman–Crippen LogP) is 3.36. The molecule has 0 unspecified atom stereocenters. The first-order valence-electron chi connectivity index (χ1n) is 8.80. The summed E-state index contributed by atoms with van der Waals surface area (Å²) < 4.78 is 1.46. The van der Waals surface area contributed by atoms with E-state index in [1.54, 1.807) is 17.4 Å². The van der Waals surface area contributed by atoms with Crippen molar-refractivity contribution >= 4 is 16.3 Å². The number of benzene rings is 1. The van der Waals surface area contributed by atoms with Crippen molar-refractivity contribution in [1.29, 1.82) is 0 Å². The molecule has 6 heteroatoms. The Hall–Kier alpha value is -2.05. The SMILES string of the molecule is CCN(Cc1ccc(C)cc1)Cc1cc(=O)n2nc(C3CC3)sc2n1. The molecule has 1 saturated carbocycles. The Morgan fingerprint density at radius 1 is 1.24 bits per heavy atom. The maximum absolute atomic E-state index is 12.4. The monoisotopic (exact) mass is 354 g/mol. The van der Waals surface area contributed by atoms with Crippen molar-refractivity contribution in [2.24, 2.45) is 0 Å². The van der Waals surface area contributed by atoms with Gasteiger partial charge in [0.25, 0.3) is 5.56 Å². The Labute approximate surface area is 151 Å². The maximum Gasteiger partial charge on any atom is 0.275 e. The fourth-order valence-electron chi connectivity index (χ4n) is 2.91. The third-order valence-corrected chi connectivity index (χ3v) is 5.67. The minimum atomic E-state index is -0.0745. The molecule has 3 aromatic rings. The molecule has 0 N–H and O–H groups in total. The van der Waals surface area contributed by atoms with Crippen LogP contribution in [0.25, 0.3) is 4.96 Å². The molecule has 130 valence electrons. The molecule has 1 fully saturated rings. The molecular weight excluding hydrogens is 332 g/mol. The summed E-state index contributed by atoms with van der Waals surface area (Å²) in [5.74, 6) is 0.545. The van der Waals surface area contributed by atoms with E-state index in [9.17, 15) is 4.79 Å². The van der Waals surface area contributed by atoms with Gasteiger partial charge >= 0.3 is 0 Å². The third-order valence-electron chi connectivity index (χ3n) is 4.60. The van der Waals surface area contributed by atoms with Crippen molar-refractivity contribution < 1.29 is 0 Å². The van der Waals surface area contributed by atoms with Gasteiger partial charge in [0, 0.05) is 25.1 Å². The van der Waals surface area contributed by atoms with Gasteiger partial charge in [0.15, 0.2) is 0 Å². The van der Waals surface area contributed by atoms with Crippen molar-refractivity contribution in [2.75, 3.05) is 6.54 Å². The zero-order valence-corrected chi connectivity index (χ0v) is 15.4. The Morgan fingerprint density at radius 3 is 2.68 bits per heavy atom. The third kappa shape index (κ3) is 3.65. The first kappa shape index (κ1) is 16.4. The highest BCUT2D eigenvalue weighted by atomic mass is 32.1. The number of fused-ring (bicyclic) bond motifs is 1. The van der Waals surface area contributed by atoms with Crippen LogP contribution >= 0.6 is 11.3 Å². The average molecular weight is 354 g/mol. The summed E-state index contributed by atoms with van der Waals surface area (Å²) in [6, 6.07) is 10.2. The summed E-state index contributed by atoms with van der Waals surface area (Å²) >= 11 is 1.56. The van der Waals surface area contributed by atoms with E-state index in [2.05, 4.69) is 53.1 Å². The zero-order valence-electron chi connectivity index (χ0n) is 14.6. The van der Waals surface area contributed by atoms with Gasteiger partial charge in [0.1, 0.15) is 5.01 Å². The first-order valence-corrected chi connectivity index (χ1v) is 9.61. The minimum Gasteiger partial charge on any atom is -0.294 e. The smallest absolute Gasteiger partial charge is 0.275 e. The summed E-state index contributed by atoms with van der Waals surface area (Å²) in [4.78, 5) is 20.1. The van der Waals surface area contributed by atoms with Crippen LogP contribution in [0.2, 0.25) is 0 Å². The molecule has 0 spiro atoms. The quantitative estimate of drug-likeness (QED) is 0.681. The van der Waals surface area contributed by atoms with E-state index in [1.807, 2.05) is 0 Å². The largest absolute Gasteiger partial charge is 0.294 e. The van der Waals surface area contributed by atoms with Gasteiger partial charge in [-0.15, -0.1) is 0 Å². The topological polar surface area (TPSA) is 50.5 Å². The average Bonchev–Trinajstić information content (AvgIpc) is 3.36. The fourth-order valence-corrected chi connectivity index (χ4v) is 4.00. The molecule has 5 nitrogen and oxygen atoms in total. The van der Waals surface area contributed by atoms with Crippen LogP contribution < -0.4 is 5.56 Å². The van der Waals surface area contributed by atoms with Crippen molar-refractivity contribution in [3.8, 4) is 0 Å². The number of rotatable bonds is 6. The molecule has 1 aliphatic rings. The van der Waals surface area contributed by atoms with Gasteiger partial charge in [-0.1, -0.05) is 48.1 Å². The van der Waals surface area contributed by atoms with Crippen molar-refractivity contribution in [3.63, 3.8) is 0 Å². The molecule has 0 bridgehead atoms. The molecule has 0 radical (unpaired) electrons.